The minimum atomic E-state index is -0.0859. The van der Waals surface area contributed by atoms with E-state index in [9.17, 15) is 4.79 Å². The Bertz CT molecular complexity index is 1010. The van der Waals surface area contributed by atoms with E-state index in [1.165, 1.54) is 11.8 Å². The number of rotatable bonds is 4. The highest BCUT2D eigenvalue weighted by molar-refractivity contribution is 5.99. The van der Waals surface area contributed by atoms with Gasteiger partial charge in [0.1, 0.15) is 5.56 Å². The van der Waals surface area contributed by atoms with E-state index in [1.807, 2.05) is 48.2 Å². The van der Waals surface area contributed by atoms with Crippen molar-refractivity contribution in [2.75, 3.05) is 20.8 Å². The molecular weight excluding hydrogens is 356 g/mol. The zero-order valence-electron chi connectivity index (χ0n) is 16.2. The van der Waals surface area contributed by atoms with Gasteiger partial charge < -0.3 is 18.9 Å². The predicted molar refractivity (Wildman–Crippen MR) is 105 cm³/mol. The average molecular weight is 378 g/mol. The number of aromatic nitrogens is 1. The molecule has 4 rings (SSSR count). The summed E-state index contributed by atoms with van der Waals surface area (Å²) in [4.78, 5) is 15.0. The van der Waals surface area contributed by atoms with E-state index in [4.69, 9.17) is 14.0 Å². The molecule has 6 heteroatoms. The molecule has 1 aliphatic heterocycles. The summed E-state index contributed by atoms with van der Waals surface area (Å²) in [6.45, 7) is 3.15. The van der Waals surface area contributed by atoms with Crippen LogP contribution in [0.1, 0.15) is 27.0 Å². The number of ether oxygens (including phenoxy) is 2. The molecule has 0 spiro atoms. The molecule has 0 radical (unpaired) electrons. The third-order valence-electron chi connectivity index (χ3n) is 5.12. The lowest BCUT2D eigenvalue weighted by molar-refractivity contribution is 0.0734. The summed E-state index contributed by atoms with van der Waals surface area (Å²) in [5.74, 6) is 1.79. The summed E-state index contributed by atoms with van der Waals surface area (Å²) in [7, 11) is 3.24. The van der Waals surface area contributed by atoms with Crippen LogP contribution < -0.4 is 9.47 Å². The van der Waals surface area contributed by atoms with Crippen LogP contribution >= 0.6 is 0 Å². The largest absolute Gasteiger partial charge is 0.493 e. The predicted octanol–water partition coefficient (Wildman–Crippen LogP) is 3.87. The van der Waals surface area contributed by atoms with Crippen molar-refractivity contribution in [1.29, 1.82) is 0 Å². The molecule has 0 saturated heterocycles. The number of hydrogen-bond donors (Lipinski definition) is 0. The van der Waals surface area contributed by atoms with Gasteiger partial charge in [0.25, 0.3) is 5.91 Å². The van der Waals surface area contributed by atoms with Crippen LogP contribution in [-0.4, -0.2) is 36.7 Å². The standard InChI is InChI=1S/C22H22N2O4/c1-14-4-6-15(7-5-14)21-18(12-23-28-21)22(25)24-9-8-16-10-19(26-2)20(27-3)11-17(16)13-24/h4-7,10-12H,8-9,13H2,1-3H3. The minimum Gasteiger partial charge on any atom is -0.493 e. The molecule has 0 atom stereocenters. The quantitative estimate of drug-likeness (QED) is 0.690. The Hall–Kier alpha value is -3.28. The number of methoxy groups -OCH3 is 2. The van der Waals surface area contributed by atoms with Crippen LogP contribution in [0.25, 0.3) is 11.3 Å². The number of aryl methyl sites for hydroxylation is 1. The highest BCUT2D eigenvalue weighted by Gasteiger charge is 2.27. The van der Waals surface area contributed by atoms with Crippen molar-refractivity contribution in [3.63, 3.8) is 0 Å². The maximum absolute atomic E-state index is 13.2. The molecule has 6 nitrogen and oxygen atoms in total. The molecule has 2 heterocycles. The Balaban J connectivity index is 1.61. The van der Waals surface area contributed by atoms with Crippen molar-refractivity contribution in [3.8, 4) is 22.8 Å². The molecule has 0 N–H and O–H groups in total. The first-order valence-corrected chi connectivity index (χ1v) is 9.15. The molecule has 1 amide bonds. The van der Waals surface area contributed by atoms with Gasteiger partial charge in [0.2, 0.25) is 0 Å². The Kier molecular flexibility index (Phi) is 4.77. The van der Waals surface area contributed by atoms with E-state index < -0.39 is 0 Å². The normalized spacial score (nSPS) is 13.2. The number of benzene rings is 2. The van der Waals surface area contributed by atoms with Crippen LogP contribution in [-0.2, 0) is 13.0 Å². The molecule has 1 aromatic heterocycles. The summed E-state index contributed by atoms with van der Waals surface area (Å²) >= 11 is 0. The van der Waals surface area contributed by atoms with E-state index in [-0.39, 0.29) is 5.91 Å². The van der Waals surface area contributed by atoms with Gasteiger partial charge in [-0.05, 0) is 36.6 Å². The second kappa shape index (κ2) is 7.38. The van der Waals surface area contributed by atoms with Gasteiger partial charge in [-0.15, -0.1) is 0 Å². The summed E-state index contributed by atoms with van der Waals surface area (Å²) in [5, 5.41) is 3.87. The van der Waals surface area contributed by atoms with Gasteiger partial charge in [-0.2, -0.15) is 0 Å². The van der Waals surface area contributed by atoms with Gasteiger partial charge >= 0.3 is 0 Å². The fourth-order valence-electron chi connectivity index (χ4n) is 3.53. The minimum absolute atomic E-state index is 0.0859. The number of hydrogen-bond acceptors (Lipinski definition) is 5. The second-order valence-electron chi connectivity index (χ2n) is 6.89. The van der Waals surface area contributed by atoms with Crippen LogP contribution in [0.2, 0.25) is 0 Å². The lowest BCUT2D eigenvalue weighted by atomic mass is 9.98. The van der Waals surface area contributed by atoms with E-state index in [2.05, 4.69) is 5.16 Å². The Morgan fingerprint density at radius 1 is 1.07 bits per heavy atom. The van der Waals surface area contributed by atoms with Crippen molar-refractivity contribution in [2.45, 2.75) is 19.9 Å². The van der Waals surface area contributed by atoms with Crippen LogP contribution in [0.3, 0.4) is 0 Å². The van der Waals surface area contributed by atoms with Gasteiger partial charge in [-0.25, -0.2) is 0 Å². The lowest BCUT2D eigenvalue weighted by Gasteiger charge is -2.29. The average Bonchev–Trinajstić information content (AvgIpc) is 3.22. The van der Waals surface area contributed by atoms with Gasteiger partial charge in [0.05, 0.1) is 20.4 Å². The number of carbonyl (C=O) groups is 1. The number of amides is 1. The monoisotopic (exact) mass is 378 g/mol. The molecule has 0 fully saturated rings. The molecule has 0 unspecified atom stereocenters. The molecule has 28 heavy (non-hydrogen) atoms. The number of nitrogens with zero attached hydrogens (tertiary/aromatic N) is 2. The van der Waals surface area contributed by atoms with Crippen molar-refractivity contribution < 1.29 is 18.8 Å². The van der Waals surface area contributed by atoms with Crippen molar-refractivity contribution in [1.82, 2.24) is 10.1 Å². The maximum atomic E-state index is 13.2. The van der Waals surface area contributed by atoms with Gasteiger partial charge in [-0.3, -0.25) is 4.79 Å². The third kappa shape index (κ3) is 3.22. The van der Waals surface area contributed by atoms with E-state index in [0.29, 0.717) is 35.9 Å². The topological polar surface area (TPSA) is 64.8 Å². The Morgan fingerprint density at radius 3 is 2.43 bits per heavy atom. The molecule has 0 aliphatic carbocycles. The van der Waals surface area contributed by atoms with Gasteiger partial charge in [0, 0.05) is 18.7 Å². The molecule has 2 aromatic carbocycles. The number of carbonyl (C=O) groups excluding carboxylic acids is 1. The highest BCUT2D eigenvalue weighted by Crippen LogP contribution is 2.34. The Morgan fingerprint density at radius 2 is 1.75 bits per heavy atom. The molecule has 0 saturated carbocycles. The summed E-state index contributed by atoms with van der Waals surface area (Å²) in [6, 6.07) is 11.8. The van der Waals surface area contributed by atoms with E-state index >= 15 is 0 Å². The van der Waals surface area contributed by atoms with E-state index in [1.54, 1.807) is 14.2 Å². The first-order chi connectivity index (χ1) is 13.6. The van der Waals surface area contributed by atoms with Crippen LogP contribution in [0.15, 0.2) is 47.1 Å². The van der Waals surface area contributed by atoms with Crippen LogP contribution in [0.5, 0.6) is 11.5 Å². The first kappa shape index (κ1) is 18.1. The molecular formula is C22H22N2O4. The lowest BCUT2D eigenvalue weighted by Crippen LogP contribution is -2.36. The van der Waals surface area contributed by atoms with Crippen LogP contribution in [0, 0.1) is 6.92 Å². The smallest absolute Gasteiger partial charge is 0.259 e. The summed E-state index contributed by atoms with van der Waals surface area (Å²) in [5.41, 5.74) is 4.70. The second-order valence-corrected chi connectivity index (χ2v) is 6.89. The fraction of sp³-hybridized carbons (Fsp3) is 0.273. The zero-order chi connectivity index (χ0) is 19.7. The van der Waals surface area contributed by atoms with Crippen LogP contribution in [0.4, 0.5) is 0 Å². The fourth-order valence-corrected chi connectivity index (χ4v) is 3.53. The molecule has 1 aliphatic rings. The summed E-state index contributed by atoms with van der Waals surface area (Å²) < 4.78 is 16.2. The highest BCUT2D eigenvalue weighted by atomic mass is 16.5. The third-order valence-corrected chi connectivity index (χ3v) is 5.12. The van der Waals surface area contributed by atoms with E-state index in [0.717, 1.165) is 23.1 Å². The maximum Gasteiger partial charge on any atom is 0.259 e. The Labute approximate surface area is 163 Å². The van der Waals surface area contributed by atoms with Crippen molar-refractivity contribution in [3.05, 3.63) is 64.8 Å². The van der Waals surface area contributed by atoms with Crippen molar-refractivity contribution >= 4 is 5.91 Å². The van der Waals surface area contributed by atoms with Crippen molar-refractivity contribution in [2.24, 2.45) is 0 Å². The molecule has 0 bridgehead atoms. The van der Waals surface area contributed by atoms with Gasteiger partial charge in [-0.1, -0.05) is 35.0 Å². The first-order valence-electron chi connectivity index (χ1n) is 9.15. The zero-order valence-corrected chi connectivity index (χ0v) is 16.2. The SMILES string of the molecule is COc1cc2c(cc1OC)CN(C(=O)c1cnoc1-c1ccc(C)cc1)CC2. The van der Waals surface area contributed by atoms with Gasteiger partial charge in [0.15, 0.2) is 17.3 Å². The molecule has 3 aromatic rings. The molecule has 144 valence electrons. The number of fused-ring (bicyclic) bond motifs is 1. The summed E-state index contributed by atoms with van der Waals surface area (Å²) in [6.07, 6.45) is 2.26.